The van der Waals surface area contributed by atoms with Crippen molar-refractivity contribution in [3.05, 3.63) is 35.2 Å². The van der Waals surface area contributed by atoms with Gasteiger partial charge >= 0.3 is 12.1 Å². The predicted molar refractivity (Wildman–Crippen MR) is 195 cm³/mol. The molecule has 3 aliphatic rings. The highest BCUT2D eigenvalue weighted by atomic mass is 16.6. The first kappa shape index (κ1) is 37.8. The van der Waals surface area contributed by atoms with E-state index in [0.717, 1.165) is 63.6 Å². The molecular weight excluding hydrogens is 632 g/mol. The van der Waals surface area contributed by atoms with Crippen molar-refractivity contribution in [2.75, 3.05) is 57.8 Å². The lowest BCUT2D eigenvalue weighted by atomic mass is 9.94. The average Bonchev–Trinajstić information content (AvgIpc) is 3.64. The number of nitrogens with one attached hydrogen (secondary N) is 1. The summed E-state index contributed by atoms with van der Waals surface area (Å²) in [5, 5.41) is 3.36. The maximum Gasteiger partial charge on any atom is 0.410 e. The van der Waals surface area contributed by atoms with Gasteiger partial charge < -0.3 is 29.3 Å². The number of carbonyl (C=O) groups is 2. The van der Waals surface area contributed by atoms with E-state index in [4.69, 9.17) is 19.2 Å². The van der Waals surface area contributed by atoms with Gasteiger partial charge in [0.05, 0.1) is 18.8 Å². The largest absolute Gasteiger partial charge is 0.493 e. The highest BCUT2D eigenvalue weighted by Crippen LogP contribution is 2.50. The standard InChI is InChI=1S/C39H60N6O5/c1-5-48-36-42-34-28-30-15-16-31(32(46)17-18-39(19-20-39)29-44-22-12-13-23-44)33(27-30)49-26-14-25-45(37(47)50-38(2,3)4)24-11-9-7-6-8-10-21-40-35(41-34)43-36/h15-16,27H,5-14,17-26,28-29H2,1-4H3,(H,40,41,42,43). The summed E-state index contributed by atoms with van der Waals surface area (Å²) >= 11 is 0. The Kier molecular flexibility index (Phi) is 13.7. The third-order valence-electron chi connectivity index (χ3n) is 9.86. The molecule has 276 valence electrons. The Bertz CT molecular complexity index is 1400. The monoisotopic (exact) mass is 692 g/mol. The number of amides is 1. The Morgan fingerprint density at radius 2 is 1.64 bits per heavy atom. The molecule has 1 amide bonds. The Morgan fingerprint density at radius 3 is 2.38 bits per heavy atom. The molecule has 3 heterocycles. The number of ether oxygens (including phenoxy) is 3. The number of anilines is 1. The first-order valence-electron chi connectivity index (χ1n) is 19.2. The fraction of sp³-hybridized carbons (Fsp3) is 0.718. The number of ketones is 1. The minimum absolute atomic E-state index is 0.116. The van der Waals surface area contributed by atoms with Crippen LogP contribution in [0.25, 0.3) is 0 Å². The van der Waals surface area contributed by atoms with Gasteiger partial charge in [0, 0.05) is 39.0 Å². The van der Waals surface area contributed by atoms with Gasteiger partial charge in [-0.2, -0.15) is 15.0 Å². The second-order valence-electron chi connectivity index (χ2n) is 15.4. The number of carbonyl (C=O) groups excluding carboxylic acids is 2. The van der Waals surface area contributed by atoms with E-state index in [2.05, 4.69) is 20.2 Å². The SMILES string of the molecule is CCOc1nc2nc(n1)NCCCCCCCCN(C(=O)OC(C)(C)C)CCCOc1cc(ccc1C(=O)CCC1(CN3CCCC3)CC1)C2. The van der Waals surface area contributed by atoms with Gasteiger partial charge in [-0.3, -0.25) is 4.79 Å². The van der Waals surface area contributed by atoms with Crippen molar-refractivity contribution >= 4 is 17.8 Å². The molecule has 11 heteroatoms. The van der Waals surface area contributed by atoms with Crippen molar-refractivity contribution in [3.8, 4) is 11.8 Å². The number of Topliss-reactive ketones (excluding diaryl/α,β-unsaturated/α-hetero) is 1. The number of likely N-dealkylation sites (tertiary alicyclic amines) is 1. The molecule has 1 saturated heterocycles. The molecule has 2 aromatic rings. The van der Waals surface area contributed by atoms with Crippen LogP contribution in [0.2, 0.25) is 0 Å². The molecule has 0 unspecified atom stereocenters. The van der Waals surface area contributed by atoms with Crippen LogP contribution in [0.1, 0.15) is 133 Å². The fourth-order valence-electron chi connectivity index (χ4n) is 6.94. The van der Waals surface area contributed by atoms with Crippen LogP contribution in [-0.2, 0) is 11.2 Å². The van der Waals surface area contributed by atoms with E-state index in [0.29, 0.717) is 74.7 Å². The van der Waals surface area contributed by atoms with E-state index < -0.39 is 5.60 Å². The summed E-state index contributed by atoms with van der Waals surface area (Å²) in [5.74, 6) is 1.79. The molecule has 5 rings (SSSR count). The molecule has 1 aromatic heterocycles. The Labute approximate surface area is 299 Å². The molecule has 4 bridgehead atoms. The van der Waals surface area contributed by atoms with Crippen molar-refractivity contribution in [1.29, 1.82) is 0 Å². The number of hydrogen-bond acceptors (Lipinski definition) is 10. The Balaban J connectivity index is 1.33. The molecule has 0 atom stereocenters. The van der Waals surface area contributed by atoms with Gasteiger partial charge in [-0.1, -0.05) is 31.7 Å². The number of benzene rings is 1. The van der Waals surface area contributed by atoms with Crippen LogP contribution in [0.15, 0.2) is 18.2 Å². The number of fused-ring (bicyclic) bond motifs is 4. The molecule has 0 spiro atoms. The van der Waals surface area contributed by atoms with Crippen LogP contribution in [0.4, 0.5) is 10.7 Å². The number of rotatable bonds is 8. The van der Waals surface area contributed by atoms with Crippen molar-refractivity contribution in [2.45, 2.75) is 123 Å². The second kappa shape index (κ2) is 18.1. The molecule has 50 heavy (non-hydrogen) atoms. The van der Waals surface area contributed by atoms with E-state index in [1.165, 1.54) is 38.8 Å². The zero-order valence-corrected chi connectivity index (χ0v) is 31.1. The lowest BCUT2D eigenvalue weighted by Gasteiger charge is -2.27. The van der Waals surface area contributed by atoms with Crippen molar-refractivity contribution in [2.24, 2.45) is 5.41 Å². The molecule has 1 saturated carbocycles. The molecule has 2 fully saturated rings. The molecule has 2 aliphatic heterocycles. The summed E-state index contributed by atoms with van der Waals surface area (Å²) < 4.78 is 17.8. The lowest BCUT2D eigenvalue weighted by Crippen LogP contribution is -2.38. The zero-order chi connectivity index (χ0) is 35.4. The van der Waals surface area contributed by atoms with Crippen LogP contribution >= 0.6 is 0 Å². The lowest BCUT2D eigenvalue weighted by molar-refractivity contribution is 0.0238. The molecule has 1 aromatic carbocycles. The first-order valence-corrected chi connectivity index (χ1v) is 19.2. The third-order valence-corrected chi connectivity index (χ3v) is 9.86. The van der Waals surface area contributed by atoms with Crippen LogP contribution < -0.4 is 14.8 Å². The first-order chi connectivity index (χ1) is 24.1. The van der Waals surface area contributed by atoms with Crippen molar-refractivity contribution in [1.82, 2.24) is 24.8 Å². The van der Waals surface area contributed by atoms with Crippen molar-refractivity contribution < 1.29 is 23.8 Å². The van der Waals surface area contributed by atoms with E-state index >= 15 is 0 Å². The Morgan fingerprint density at radius 1 is 0.920 bits per heavy atom. The van der Waals surface area contributed by atoms with E-state index in [-0.39, 0.29) is 17.3 Å². The predicted octanol–water partition coefficient (Wildman–Crippen LogP) is 7.47. The summed E-state index contributed by atoms with van der Waals surface area (Å²) in [6.45, 7) is 13.9. The molecular formula is C39H60N6O5. The molecule has 11 nitrogen and oxygen atoms in total. The van der Waals surface area contributed by atoms with Gasteiger partial charge in [0.15, 0.2) is 5.78 Å². The number of nitrogens with zero attached hydrogens (tertiary/aromatic N) is 5. The fourth-order valence-corrected chi connectivity index (χ4v) is 6.94. The third kappa shape index (κ3) is 12.1. The van der Waals surface area contributed by atoms with Gasteiger partial charge in [0.2, 0.25) is 5.95 Å². The van der Waals surface area contributed by atoms with Crippen LogP contribution in [0.3, 0.4) is 0 Å². The quantitative estimate of drug-likeness (QED) is 0.279. The minimum atomic E-state index is -0.561. The number of hydrogen-bond donors (Lipinski definition) is 1. The molecule has 1 aliphatic carbocycles. The highest BCUT2D eigenvalue weighted by Gasteiger charge is 2.44. The summed E-state index contributed by atoms with van der Waals surface area (Å²) in [6, 6.07) is 6.14. The van der Waals surface area contributed by atoms with Gasteiger partial charge in [-0.05, 0) is 115 Å². The highest BCUT2D eigenvalue weighted by molar-refractivity contribution is 5.98. The summed E-state index contributed by atoms with van der Waals surface area (Å²) in [5.41, 5.74) is 1.27. The van der Waals surface area contributed by atoms with E-state index in [1.54, 1.807) is 0 Å². The normalized spacial score (nSPS) is 19.4. The second-order valence-corrected chi connectivity index (χ2v) is 15.4. The van der Waals surface area contributed by atoms with Crippen LogP contribution in [0, 0.1) is 5.41 Å². The van der Waals surface area contributed by atoms with E-state index in [9.17, 15) is 9.59 Å². The summed E-state index contributed by atoms with van der Waals surface area (Å²) in [6.07, 6.45) is 13.5. The molecule has 1 N–H and O–H groups in total. The van der Waals surface area contributed by atoms with Gasteiger partial charge in [-0.15, -0.1) is 0 Å². The van der Waals surface area contributed by atoms with Crippen LogP contribution in [0.5, 0.6) is 11.8 Å². The number of aromatic nitrogens is 3. The maximum atomic E-state index is 13.8. The smallest absolute Gasteiger partial charge is 0.410 e. The summed E-state index contributed by atoms with van der Waals surface area (Å²) in [4.78, 5) is 45.1. The van der Waals surface area contributed by atoms with Crippen LogP contribution in [-0.4, -0.2) is 94.7 Å². The van der Waals surface area contributed by atoms with Gasteiger partial charge in [0.25, 0.3) is 0 Å². The molecule has 0 radical (unpaired) electrons. The zero-order valence-electron chi connectivity index (χ0n) is 31.1. The minimum Gasteiger partial charge on any atom is -0.493 e. The maximum absolute atomic E-state index is 13.8. The topological polar surface area (TPSA) is 119 Å². The Hall–Kier alpha value is -3.47. The van der Waals surface area contributed by atoms with E-state index in [1.807, 2.05) is 50.8 Å². The van der Waals surface area contributed by atoms with Gasteiger partial charge in [-0.25, -0.2) is 4.79 Å². The average molecular weight is 693 g/mol. The van der Waals surface area contributed by atoms with Crippen molar-refractivity contribution in [3.63, 3.8) is 0 Å². The van der Waals surface area contributed by atoms with Gasteiger partial charge in [0.1, 0.15) is 17.2 Å². The summed E-state index contributed by atoms with van der Waals surface area (Å²) in [7, 11) is 0.